The van der Waals surface area contributed by atoms with E-state index in [0.717, 1.165) is 45.0 Å². The Labute approximate surface area is 146 Å². The van der Waals surface area contributed by atoms with Gasteiger partial charge in [0.25, 0.3) is 0 Å². The SMILES string of the molecule is c1ccc(N(OC(CC2CO2)C2CO2)OC(CC2CO2)C2CO2)cc1. The van der Waals surface area contributed by atoms with Gasteiger partial charge in [0.2, 0.25) is 0 Å². The summed E-state index contributed by atoms with van der Waals surface area (Å²) in [5, 5.41) is 1.55. The monoisotopic (exact) mass is 349 g/mol. The summed E-state index contributed by atoms with van der Waals surface area (Å²) in [5.74, 6) is 0. The Morgan fingerprint density at radius 1 is 0.800 bits per heavy atom. The molecule has 0 spiro atoms. The van der Waals surface area contributed by atoms with E-state index in [4.69, 9.17) is 28.6 Å². The third-order valence-corrected chi connectivity index (χ3v) is 4.77. The van der Waals surface area contributed by atoms with E-state index in [-0.39, 0.29) is 36.6 Å². The summed E-state index contributed by atoms with van der Waals surface area (Å²) in [5.41, 5.74) is 0.854. The van der Waals surface area contributed by atoms with Crippen LogP contribution in [-0.2, 0) is 28.6 Å². The number of epoxide rings is 4. The first-order valence-electron chi connectivity index (χ1n) is 9.00. The van der Waals surface area contributed by atoms with Crippen LogP contribution >= 0.6 is 0 Å². The van der Waals surface area contributed by atoms with Gasteiger partial charge in [-0.05, 0) is 12.1 Å². The molecule has 0 N–H and O–H groups in total. The maximum atomic E-state index is 6.23. The van der Waals surface area contributed by atoms with Gasteiger partial charge in [-0.3, -0.25) is 0 Å². The Morgan fingerprint density at radius 3 is 1.68 bits per heavy atom. The van der Waals surface area contributed by atoms with Gasteiger partial charge >= 0.3 is 0 Å². The van der Waals surface area contributed by atoms with Gasteiger partial charge in [0, 0.05) is 12.8 Å². The number of hydrogen-bond acceptors (Lipinski definition) is 7. The fraction of sp³-hybridized carbons (Fsp3) is 0.667. The second-order valence-corrected chi connectivity index (χ2v) is 7.01. The van der Waals surface area contributed by atoms with Gasteiger partial charge in [-0.15, -0.1) is 5.23 Å². The minimum Gasteiger partial charge on any atom is -0.373 e. The van der Waals surface area contributed by atoms with Gasteiger partial charge in [-0.2, -0.15) is 0 Å². The number of ether oxygens (including phenoxy) is 4. The number of para-hydroxylation sites is 1. The summed E-state index contributed by atoms with van der Waals surface area (Å²) in [6.07, 6.45) is 2.24. The molecule has 0 aliphatic carbocycles. The molecule has 5 rings (SSSR count). The molecular formula is C18H23NO6. The highest BCUT2D eigenvalue weighted by atomic mass is 17.0. The van der Waals surface area contributed by atoms with E-state index in [1.807, 2.05) is 30.3 Å². The average molecular weight is 349 g/mol. The van der Waals surface area contributed by atoms with Gasteiger partial charge in [0.05, 0.1) is 44.3 Å². The molecule has 1 aromatic rings. The van der Waals surface area contributed by atoms with Gasteiger partial charge in [-0.25, -0.2) is 9.68 Å². The second-order valence-electron chi connectivity index (χ2n) is 7.01. The molecule has 7 nitrogen and oxygen atoms in total. The average Bonchev–Trinajstić information content (AvgIpc) is 3.48. The van der Waals surface area contributed by atoms with Crippen molar-refractivity contribution < 1.29 is 28.6 Å². The Morgan fingerprint density at radius 2 is 1.28 bits per heavy atom. The highest BCUT2D eigenvalue weighted by molar-refractivity contribution is 5.41. The number of benzene rings is 1. The lowest BCUT2D eigenvalue weighted by atomic mass is 10.1. The van der Waals surface area contributed by atoms with Gasteiger partial charge < -0.3 is 18.9 Å². The van der Waals surface area contributed by atoms with Crippen LogP contribution in [0.25, 0.3) is 0 Å². The molecule has 0 bridgehead atoms. The van der Waals surface area contributed by atoms with Crippen molar-refractivity contribution in [2.24, 2.45) is 0 Å². The van der Waals surface area contributed by atoms with Crippen LogP contribution in [0.1, 0.15) is 12.8 Å². The number of anilines is 1. The van der Waals surface area contributed by atoms with Crippen LogP contribution in [0.4, 0.5) is 5.69 Å². The Bertz CT molecular complexity index is 538. The molecule has 25 heavy (non-hydrogen) atoms. The molecule has 4 fully saturated rings. The predicted molar refractivity (Wildman–Crippen MR) is 86.9 cm³/mol. The Balaban J connectivity index is 1.30. The molecule has 4 aliphatic rings. The quantitative estimate of drug-likeness (QED) is 0.442. The summed E-state index contributed by atoms with van der Waals surface area (Å²) in [6.45, 7) is 3.06. The van der Waals surface area contributed by atoms with E-state index in [1.165, 1.54) is 0 Å². The molecule has 0 amide bonds. The molecule has 7 heteroatoms. The fourth-order valence-corrected chi connectivity index (χ4v) is 2.93. The Hall–Kier alpha value is -1.22. The van der Waals surface area contributed by atoms with Crippen LogP contribution in [0, 0.1) is 0 Å². The second kappa shape index (κ2) is 6.83. The smallest absolute Gasteiger partial charge is 0.119 e. The summed E-state index contributed by atoms with van der Waals surface area (Å²) in [6, 6.07) is 9.84. The third kappa shape index (κ3) is 4.49. The third-order valence-electron chi connectivity index (χ3n) is 4.77. The van der Waals surface area contributed by atoms with Crippen LogP contribution in [0.2, 0.25) is 0 Å². The lowest BCUT2D eigenvalue weighted by Crippen LogP contribution is -2.39. The maximum absolute atomic E-state index is 6.23. The standard InChI is InChI=1S/C18H23NO6/c1-2-4-12(5-3-1)19(24-15(17-10-22-17)6-13-8-20-13)25-16(18-11-23-18)7-14-9-21-14/h1-5,13-18H,6-11H2. The number of rotatable bonds is 11. The lowest BCUT2D eigenvalue weighted by Gasteiger charge is -2.30. The van der Waals surface area contributed by atoms with Crippen molar-refractivity contribution >= 4 is 5.69 Å². The summed E-state index contributed by atoms with van der Waals surface area (Å²) in [7, 11) is 0. The van der Waals surface area contributed by atoms with Crippen molar-refractivity contribution in [3.05, 3.63) is 30.3 Å². The molecule has 6 unspecified atom stereocenters. The molecule has 6 atom stereocenters. The van der Waals surface area contributed by atoms with Crippen molar-refractivity contribution in [1.29, 1.82) is 0 Å². The first-order valence-corrected chi connectivity index (χ1v) is 9.00. The highest BCUT2D eigenvalue weighted by Crippen LogP contribution is 2.32. The van der Waals surface area contributed by atoms with E-state index in [1.54, 1.807) is 5.23 Å². The maximum Gasteiger partial charge on any atom is 0.119 e. The zero-order valence-corrected chi connectivity index (χ0v) is 14.0. The van der Waals surface area contributed by atoms with Crippen molar-refractivity contribution in [2.45, 2.75) is 49.5 Å². The zero-order valence-electron chi connectivity index (χ0n) is 14.0. The van der Waals surface area contributed by atoms with Crippen molar-refractivity contribution in [2.75, 3.05) is 31.7 Å². The summed E-state index contributed by atoms with van der Waals surface area (Å²) in [4.78, 5) is 12.5. The van der Waals surface area contributed by atoms with Crippen molar-refractivity contribution in [3.8, 4) is 0 Å². The van der Waals surface area contributed by atoms with E-state index in [0.29, 0.717) is 0 Å². The molecule has 0 saturated carbocycles. The van der Waals surface area contributed by atoms with Crippen molar-refractivity contribution in [3.63, 3.8) is 0 Å². The Kier molecular flexibility index (Phi) is 4.37. The van der Waals surface area contributed by atoms with Crippen molar-refractivity contribution in [1.82, 2.24) is 0 Å². The molecular weight excluding hydrogens is 326 g/mol. The van der Waals surface area contributed by atoms with Crippen LogP contribution in [0.3, 0.4) is 0 Å². The van der Waals surface area contributed by atoms with E-state index < -0.39 is 0 Å². The fourth-order valence-electron chi connectivity index (χ4n) is 2.93. The van der Waals surface area contributed by atoms with E-state index >= 15 is 0 Å². The molecule has 4 heterocycles. The van der Waals surface area contributed by atoms with E-state index in [2.05, 4.69) is 0 Å². The number of hydrogen-bond donors (Lipinski definition) is 0. The summed E-state index contributed by atoms with van der Waals surface area (Å²) >= 11 is 0. The first kappa shape index (κ1) is 16.0. The van der Waals surface area contributed by atoms with Crippen LogP contribution in [0.5, 0.6) is 0 Å². The first-order chi connectivity index (χ1) is 12.3. The van der Waals surface area contributed by atoms with E-state index in [9.17, 15) is 0 Å². The largest absolute Gasteiger partial charge is 0.373 e. The molecule has 4 aliphatic heterocycles. The molecule has 4 saturated heterocycles. The minimum atomic E-state index is -0.0781. The number of nitrogens with zero attached hydrogens (tertiary/aromatic N) is 1. The van der Waals surface area contributed by atoms with Crippen LogP contribution in [-0.4, -0.2) is 63.1 Å². The molecule has 0 radical (unpaired) electrons. The highest BCUT2D eigenvalue weighted by Gasteiger charge is 2.43. The molecule has 0 aromatic heterocycles. The van der Waals surface area contributed by atoms with Crippen LogP contribution < -0.4 is 5.23 Å². The van der Waals surface area contributed by atoms with Gasteiger partial charge in [0.1, 0.15) is 24.4 Å². The molecule has 1 aromatic carbocycles. The van der Waals surface area contributed by atoms with Gasteiger partial charge in [-0.1, -0.05) is 18.2 Å². The lowest BCUT2D eigenvalue weighted by molar-refractivity contribution is -0.161. The topological polar surface area (TPSA) is 71.8 Å². The normalized spacial score (nSPS) is 34.2. The minimum absolute atomic E-state index is 0.0781. The van der Waals surface area contributed by atoms with Crippen LogP contribution in [0.15, 0.2) is 30.3 Å². The molecule has 136 valence electrons. The zero-order chi connectivity index (χ0) is 16.6. The van der Waals surface area contributed by atoms with Gasteiger partial charge in [0.15, 0.2) is 0 Å². The summed E-state index contributed by atoms with van der Waals surface area (Å²) < 4.78 is 21.7. The predicted octanol–water partition coefficient (Wildman–Crippen LogP) is 1.47.